The highest BCUT2D eigenvalue weighted by molar-refractivity contribution is 9.09. The van der Waals surface area contributed by atoms with E-state index < -0.39 is 0 Å². The fourth-order valence-electron chi connectivity index (χ4n) is 1.87. The molecule has 0 spiro atoms. The van der Waals surface area contributed by atoms with Crippen LogP contribution in [0.3, 0.4) is 0 Å². The van der Waals surface area contributed by atoms with Gasteiger partial charge in [-0.15, -0.1) is 0 Å². The predicted molar refractivity (Wildman–Crippen MR) is 81.4 cm³/mol. The number of alkyl halides is 1. The number of halogens is 1. The van der Waals surface area contributed by atoms with E-state index in [4.69, 9.17) is 4.74 Å². The summed E-state index contributed by atoms with van der Waals surface area (Å²) in [6.45, 7) is 3.68. The van der Waals surface area contributed by atoms with Crippen molar-refractivity contribution in [2.24, 2.45) is 5.92 Å². The van der Waals surface area contributed by atoms with Crippen molar-refractivity contribution >= 4 is 32.7 Å². The van der Waals surface area contributed by atoms with Gasteiger partial charge in [0.05, 0.1) is 5.92 Å². The minimum atomic E-state index is -0.237. The van der Waals surface area contributed by atoms with E-state index in [1.807, 2.05) is 32.0 Å². The third kappa shape index (κ3) is 3.35. The maximum atomic E-state index is 11.7. The Bertz CT molecular complexity index is 578. The van der Waals surface area contributed by atoms with E-state index in [2.05, 4.69) is 40.2 Å². The molecule has 2 aromatic rings. The number of esters is 1. The number of carbonyl (C=O) groups excluding carboxylic acids is 1. The lowest BCUT2D eigenvalue weighted by atomic mass is 10.0. The van der Waals surface area contributed by atoms with Crippen LogP contribution in [0.25, 0.3) is 10.8 Å². The quantitative estimate of drug-likeness (QED) is 0.613. The number of carbonyl (C=O) groups is 1. The third-order valence-electron chi connectivity index (χ3n) is 3.02. The van der Waals surface area contributed by atoms with Gasteiger partial charge in [0.25, 0.3) is 0 Å². The lowest BCUT2D eigenvalue weighted by Gasteiger charge is -2.17. The molecule has 19 heavy (non-hydrogen) atoms. The van der Waals surface area contributed by atoms with Crippen LogP contribution < -0.4 is 0 Å². The number of fused-ring (bicyclic) bond motifs is 1. The summed E-state index contributed by atoms with van der Waals surface area (Å²) in [6.07, 6.45) is -0.237. The average Bonchev–Trinajstić information content (AvgIpc) is 2.43. The summed E-state index contributed by atoms with van der Waals surface area (Å²) in [4.78, 5) is 11.7. The van der Waals surface area contributed by atoms with Gasteiger partial charge in [0.2, 0.25) is 0 Å². The van der Waals surface area contributed by atoms with Crippen molar-refractivity contribution in [2.45, 2.75) is 20.0 Å². The van der Waals surface area contributed by atoms with Crippen molar-refractivity contribution in [2.75, 3.05) is 5.33 Å². The van der Waals surface area contributed by atoms with Crippen LogP contribution in [0.5, 0.6) is 0 Å². The fraction of sp³-hybridized carbons (Fsp3) is 0.312. The molecule has 0 aliphatic heterocycles. The Morgan fingerprint density at radius 1 is 1.16 bits per heavy atom. The first-order valence-corrected chi connectivity index (χ1v) is 7.49. The molecule has 3 heteroatoms. The minimum Gasteiger partial charge on any atom is -0.456 e. The summed E-state index contributed by atoms with van der Waals surface area (Å²) in [5.41, 5.74) is 1.02. The summed E-state index contributed by atoms with van der Waals surface area (Å²) in [7, 11) is 0. The van der Waals surface area contributed by atoms with Crippen molar-refractivity contribution < 1.29 is 9.53 Å². The molecule has 2 aromatic carbocycles. The predicted octanol–water partition coefficient (Wildman–Crippen LogP) is 4.48. The molecule has 100 valence electrons. The monoisotopic (exact) mass is 320 g/mol. The van der Waals surface area contributed by atoms with E-state index >= 15 is 0 Å². The van der Waals surface area contributed by atoms with Crippen LogP contribution >= 0.6 is 15.9 Å². The zero-order valence-corrected chi connectivity index (χ0v) is 12.7. The van der Waals surface area contributed by atoms with Crippen molar-refractivity contribution in [3.05, 3.63) is 48.0 Å². The third-order valence-corrected chi connectivity index (χ3v) is 3.60. The normalized spacial score (nSPS) is 12.6. The molecule has 1 atom stereocenters. The number of hydrogen-bond acceptors (Lipinski definition) is 2. The lowest BCUT2D eigenvalue weighted by Crippen LogP contribution is -2.17. The zero-order valence-electron chi connectivity index (χ0n) is 11.1. The molecule has 0 radical (unpaired) electrons. The fourth-order valence-corrected chi connectivity index (χ4v) is 2.38. The second-order valence-electron chi connectivity index (χ2n) is 4.84. The molecule has 0 aromatic heterocycles. The molecule has 0 heterocycles. The highest BCUT2D eigenvalue weighted by Gasteiger charge is 2.18. The molecule has 0 aliphatic carbocycles. The van der Waals surface area contributed by atoms with Crippen LogP contribution in [0, 0.1) is 5.92 Å². The molecule has 0 unspecified atom stereocenters. The van der Waals surface area contributed by atoms with E-state index in [9.17, 15) is 4.79 Å². The average molecular weight is 321 g/mol. The van der Waals surface area contributed by atoms with E-state index in [0.717, 1.165) is 10.9 Å². The number of hydrogen-bond donors (Lipinski definition) is 0. The van der Waals surface area contributed by atoms with Crippen LogP contribution in [-0.2, 0) is 9.53 Å². The van der Waals surface area contributed by atoms with Crippen LogP contribution in [0.1, 0.15) is 25.5 Å². The van der Waals surface area contributed by atoms with E-state index in [0.29, 0.717) is 5.33 Å². The van der Waals surface area contributed by atoms with Gasteiger partial charge in [0.15, 0.2) is 0 Å². The second kappa shape index (κ2) is 6.20. The van der Waals surface area contributed by atoms with Crippen molar-refractivity contribution in [1.29, 1.82) is 0 Å². The number of rotatable bonds is 4. The first-order valence-electron chi connectivity index (χ1n) is 6.37. The molecule has 0 N–H and O–H groups in total. The van der Waals surface area contributed by atoms with Gasteiger partial charge in [-0.25, -0.2) is 0 Å². The largest absolute Gasteiger partial charge is 0.456 e. The minimum absolute atomic E-state index is 0.109. The molecule has 0 bridgehead atoms. The van der Waals surface area contributed by atoms with Gasteiger partial charge in [-0.1, -0.05) is 66.2 Å². The topological polar surface area (TPSA) is 26.3 Å². The Hall–Kier alpha value is -1.35. The Labute approximate surface area is 121 Å². The standard InChI is InChI=1S/C16H17BrO2/c1-11(2)16(18)19-15(10-17)14-8-7-12-5-3-4-6-13(12)9-14/h3-9,11,15H,10H2,1-2H3/t15-/m1/s1. The summed E-state index contributed by atoms with van der Waals surface area (Å²) >= 11 is 3.42. The van der Waals surface area contributed by atoms with E-state index in [1.165, 1.54) is 5.39 Å². The van der Waals surface area contributed by atoms with Gasteiger partial charge in [0.1, 0.15) is 6.10 Å². The van der Waals surface area contributed by atoms with Crippen molar-refractivity contribution in [3.8, 4) is 0 Å². The number of ether oxygens (including phenoxy) is 1. The maximum absolute atomic E-state index is 11.7. The Balaban J connectivity index is 2.27. The van der Waals surface area contributed by atoms with Crippen LogP contribution in [0.2, 0.25) is 0 Å². The molecule has 0 saturated carbocycles. The summed E-state index contributed by atoms with van der Waals surface area (Å²) in [5.74, 6) is -0.278. The highest BCUT2D eigenvalue weighted by Crippen LogP contribution is 2.25. The highest BCUT2D eigenvalue weighted by atomic mass is 79.9. The molecular weight excluding hydrogens is 304 g/mol. The summed E-state index contributed by atoms with van der Waals surface area (Å²) in [6, 6.07) is 14.3. The van der Waals surface area contributed by atoms with Gasteiger partial charge >= 0.3 is 5.97 Å². The maximum Gasteiger partial charge on any atom is 0.309 e. The van der Waals surface area contributed by atoms with Gasteiger partial charge in [-0.3, -0.25) is 4.79 Å². The summed E-state index contributed by atoms with van der Waals surface area (Å²) < 4.78 is 5.51. The molecule has 0 amide bonds. The smallest absolute Gasteiger partial charge is 0.309 e. The van der Waals surface area contributed by atoms with E-state index in [-0.39, 0.29) is 18.0 Å². The van der Waals surface area contributed by atoms with Crippen LogP contribution in [0.15, 0.2) is 42.5 Å². The molecular formula is C16H17BrO2. The molecule has 0 saturated heterocycles. The molecule has 2 rings (SSSR count). The molecule has 0 aliphatic rings. The van der Waals surface area contributed by atoms with Gasteiger partial charge in [0, 0.05) is 5.33 Å². The van der Waals surface area contributed by atoms with Crippen molar-refractivity contribution in [1.82, 2.24) is 0 Å². The Kier molecular flexibility index (Phi) is 4.59. The van der Waals surface area contributed by atoms with Gasteiger partial charge in [-0.2, -0.15) is 0 Å². The SMILES string of the molecule is CC(C)C(=O)O[C@H](CBr)c1ccc2ccccc2c1. The second-order valence-corrected chi connectivity index (χ2v) is 5.49. The Morgan fingerprint density at radius 3 is 2.47 bits per heavy atom. The zero-order chi connectivity index (χ0) is 13.8. The Morgan fingerprint density at radius 2 is 1.84 bits per heavy atom. The first-order chi connectivity index (χ1) is 9.11. The van der Waals surface area contributed by atoms with Crippen molar-refractivity contribution in [3.63, 3.8) is 0 Å². The number of benzene rings is 2. The summed E-state index contributed by atoms with van der Waals surface area (Å²) in [5, 5.41) is 2.95. The van der Waals surface area contributed by atoms with E-state index in [1.54, 1.807) is 0 Å². The lowest BCUT2D eigenvalue weighted by molar-refractivity contribution is -0.152. The van der Waals surface area contributed by atoms with Gasteiger partial charge in [-0.05, 0) is 22.4 Å². The molecule has 0 fully saturated rings. The first kappa shape index (κ1) is 14.1. The van der Waals surface area contributed by atoms with Crippen LogP contribution in [-0.4, -0.2) is 11.3 Å². The molecule has 2 nitrogen and oxygen atoms in total. The van der Waals surface area contributed by atoms with Gasteiger partial charge < -0.3 is 4.74 Å². The van der Waals surface area contributed by atoms with Crippen LogP contribution in [0.4, 0.5) is 0 Å².